The minimum Gasteiger partial charge on any atom is -0.469 e. The second kappa shape index (κ2) is 7.04. The van der Waals surface area contributed by atoms with Crippen molar-refractivity contribution in [2.75, 3.05) is 20.2 Å². The number of amides is 2. The van der Waals surface area contributed by atoms with E-state index in [1.54, 1.807) is 0 Å². The van der Waals surface area contributed by atoms with Crippen LogP contribution in [0.4, 0.5) is 4.79 Å². The third-order valence-corrected chi connectivity index (χ3v) is 5.12. The fourth-order valence-electron chi connectivity index (χ4n) is 2.26. The standard InChI is InChI=1S/C11H14Cl2N4O5S/c1-22-10(18)6-3-2-4-17(5-6)23(20,21)16-9-7(8(12)13)14-11(19)15-9/h6H,2-5H2,1H3,(H2,14,15,16,19). The third-order valence-electron chi connectivity index (χ3n) is 3.35. The van der Waals surface area contributed by atoms with Gasteiger partial charge in [-0.15, -0.1) is 4.40 Å². The molecule has 0 aliphatic carbocycles. The van der Waals surface area contributed by atoms with Crippen molar-refractivity contribution in [2.24, 2.45) is 10.3 Å². The van der Waals surface area contributed by atoms with Crippen LogP contribution in [-0.2, 0) is 19.7 Å². The molecule has 9 nitrogen and oxygen atoms in total. The molecule has 23 heavy (non-hydrogen) atoms. The van der Waals surface area contributed by atoms with Gasteiger partial charge in [0.05, 0.1) is 13.0 Å². The minimum atomic E-state index is -4.12. The lowest BCUT2D eigenvalue weighted by molar-refractivity contribution is -0.146. The Morgan fingerprint density at radius 1 is 1.39 bits per heavy atom. The Balaban J connectivity index is 2.25. The van der Waals surface area contributed by atoms with Gasteiger partial charge in [-0.1, -0.05) is 23.2 Å². The van der Waals surface area contributed by atoms with E-state index in [1.165, 1.54) is 7.11 Å². The number of amidine groups is 1. The highest BCUT2D eigenvalue weighted by Crippen LogP contribution is 2.22. The number of esters is 1. The van der Waals surface area contributed by atoms with E-state index in [1.807, 2.05) is 0 Å². The first-order valence-electron chi connectivity index (χ1n) is 6.56. The lowest BCUT2D eigenvalue weighted by Gasteiger charge is -2.28. The van der Waals surface area contributed by atoms with E-state index >= 15 is 0 Å². The minimum absolute atomic E-state index is 0.0409. The maximum absolute atomic E-state index is 12.4. The molecule has 2 heterocycles. The summed E-state index contributed by atoms with van der Waals surface area (Å²) in [4.78, 5) is 22.9. The summed E-state index contributed by atoms with van der Waals surface area (Å²) in [6.07, 6.45) is 1.03. The molecule has 1 unspecified atom stereocenters. The normalized spacial score (nSPS) is 24.3. The molecule has 0 aromatic heterocycles. The summed E-state index contributed by atoms with van der Waals surface area (Å²) in [5.74, 6) is -1.32. The van der Waals surface area contributed by atoms with Crippen LogP contribution in [0.5, 0.6) is 0 Å². The van der Waals surface area contributed by atoms with Gasteiger partial charge in [0.2, 0.25) is 0 Å². The SMILES string of the molecule is COC(=O)C1CCCN(S(=O)(=O)/N=C2\NC(=O)NC2=C(Cl)Cl)C1. The fraction of sp³-hybridized carbons (Fsp3) is 0.545. The second-order valence-corrected chi connectivity index (χ2v) is 7.40. The van der Waals surface area contributed by atoms with Gasteiger partial charge < -0.3 is 10.1 Å². The molecule has 0 spiro atoms. The van der Waals surface area contributed by atoms with Crippen molar-refractivity contribution in [1.29, 1.82) is 0 Å². The summed E-state index contributed by atoms with van der Waals surface area (Å²) in [7, 11) is -2.88. The number of piperidine rings is 1. The summed E-state index contributed by atoms with van der Waals surface area (Å²) in [6, 6.07) is -0.696. The van der Waals surface area contributed by atoms with Gasteiger partial charge in [-0.2, -0.15) is 12.7 Å². The molecule has 1 atom stereocenters. The molecule has 2 saturated heterocycles. The summed E-state index contributed by atoms with van der Waals surface area (Å²) >= 11 is 11.2. The van der Waals surface area contributed by atoms with Crippen LogP contribution in [0, 0.1) is 5.92 Å². The van der Waals surface area contributed by atoms with Crippen molar-refractivity contribution in [3.8, 4) is 0 Å². The van der Waals surface area contributed by atoms with E-state index in [9.17, 15) is 18.0 Å². The number of halogens is 2. The molecule has 2 aliphatic heterocycles. The number of nitrogens with one attached hydrogen (secondary N) is 2. The predicted molar refractivity (Wildman–Crippen MR) is 83.1 cm³/mol. The van der Waals surface area contributed by atoms with Crippen molar-refractivity contribution in [3.63, 3.8) is 0 Å². The van der Waals surface area contributed by atoms with Crippen LogP contribution in [-0.4, -0.2) is 50.8 Å². The van der Waals surface area contributed by atoms with E-state index < -0.39 is 28.1 Å². The van der Waals surface area contributed by atoms with Crippen LogP contribution in [0.15, 0.2) is 14.6 Å². The molecule has 0 bridgehead atoms. The van der Waals surface area contributed by atoms with E-state index in [0.29, 0.717) is 12.8 Å². The average molecular weight is 385 g/mol. The van der Waals surface area contributed by atoms with Crippen molar-refractivity contribution in [1.82, 2.24) is 14.9 Å². The number of methoxy groups -OCH3 is 1. The van der Waals surface area contributed by atoms with Crippen molar-refractivity contribution in [3.05, 3.63) is 10.2 Å². The Morgan fingerprint density at radius 2 is 2.09 bits per heavy atom. The Labute approximate surface area is 142 Å². The Hall–Kier alpha value is -1.36. The second-order valence-electron chi connectivity index (χ2n) is 4.85. The molecule has 2 rings (SSSR count). The zero-order valence-corrected chi connectivity index (χ0v) is 14.3. The van der Waals surface area contributed by atoms with E-state index in [4.69, 9.17) is 23.2 Å². The number of carbonyl (C=O) groups excluding carboxylic acids is 2. The van der Waals surface area contributed by atoms with Gasteiger partial charge in [-0.25, -0.2) is 4.79 Å². The van der Waals surface area contributed by atoms with Gasteiger partial charge in [0, 0.05) is 13.1 Å². The predicted octanol–water partition coefficient (Wildman–Crippen LogP) is 0.474. The molecule has 0 aromatic carbocycles. The maximum Gasteiger partial charge on any atom is 0.325 e. The number of ether oxygens (including phenoxy) is 1. The van der Waals surface area contributed by atoms with E-state index in [2.05, 4.69) is 19.8 Å². The molecule has 0 aromatic rings. The quantitative estimate of drug-likeness (QED) is 0.685. The lowest BCUT2D eigenvalue weighted by atomic mass is 10.0. The van der Waals surface area contributed by atoms with Gasteiger partial charge in [0.1, 0.15) is 10.2 Å². The van der Waals surface area contributed by atoms with Crippen LogP contribution in [0.25, 0.3) is 0 Å². The van der Waals surface area contributed by atoms with Crippen molar-refractivity contribution < 1.29 is 22.7 Å². The van der Waals surface area contributed by atoms with E-state index in [-0.39, 0.29) is 29.1 Å². The highest BCUT2D eigenvalue weighted by Gasteiger charge is 2.34. The first-order valence-corrected chi connectivity index (χ1v) is 8.71. The molecule has 0 saturated carbocycles. The van der Waals surface area contributed by atoms with Crippen LogP contribution in [0.1, 0.15) is 12.8 Å². The molecule has 12 heteroatoms. The Kier molecular flexibility index (Phi) is 5.50. The summed E-state index contributed by atoms with van der Waals surface area (Å²) in [5, 5.41) is 4.44. The van der Waals surface area contributed by atoms with Crippen molar-refractivity contribution in [2.45, 2.75) is 12.8 Å². The van der Waals surface area contributed by atoms with Crippen LogP contribution < -0.4 is 10.6 Å². The topological polar surface area (TPSA) is 117 Å². The highest BCUT2D eigenvalue weighted by molar-refractivity contribution is 7.88. The number of hydrogen-bond donors (Lipinski definition) is 2. The first-order chi connectivity index (χ1) is 10.7. The number of carbonyl (C=O) groups is 2. The Bertz CT molecular complexity index is 687. The van der Waals surface area contributed by atoms with Gasteiger partial charge in [-0.3, -0.25) is 10.1 Å². The molecule has 128 valence electrons. The first kappa shape index (κ1) is 18.0. The van der Waals surface area contributed by atoms with Crippen LogP contribution in [0.2, 0.25) is 0 Å². The molecule has 2 amide bonds. The van der Waals surface area contributed by atoms with Gasteiger partial charge in [-0.05, 0) is 12.8 Å². The largest absolute Gasteiger partial charge is 0.469 e. The smallest absolute Gasteiger partial charge is 0.325 e. The summed E-state index contributed by atoms with van der Waals surface area (Å²) in [5.41, 5.74) is -0.122. The molecular weight excluding hydrogens is 371 g/mol. The molecule has 2 fully saturated rings. The number of nitrogens with zero attached hydrogens (tertiary/aromatic N) is 2. The van der Waals surface area contributed by atoms with Crippen LogP contribution >= 0.6 is 23.2 Å². The molecular formula is C11H14Cl2N4O5S. The van der Waals surface area contributed by atoms with Gasteiger partial charge >= 0.3 is 22.2 Å². The zero-order valence-electron chi connectivity index (χ0n) is 12.0. The summed E-state index contributed by atoms with van der Waals surface area (Å²) in [6.45, 7) is 0.169. The van der Waals surface area contributed by atoms with Gasteiger partial charge in [0.15, 0.2) is 5.84 Å². The molecule has 2 N–H and O–H groups in total. The fourth-order valence-corrected chi connectivity index (χ4v) is 3.75. The number of urea groups is 1. The van der Waals surface area contributed by atoms with E-state index in [0.717, 1.165) is 4.31 Å². The lowest BCUT2D eigenvalue weighted by Crippen LogP contribution is -2.42. The monoisotopic (exact) mass is 384 g/mol. The van der Waals surface area contributed by atoms with Gasteiger partial charge in [0.25, 0.3) is 0 Å². The molecule has 0 radical (unpaired) electrons. The summed E-state index contributed by atoms with van der Waals surface area (Å²) < 4.78 is 33.7. The van der Waals surface area contributed by atoms with Crippen molar-refractivity contribution >= 4 is 51.2 Å². The maximum atomic E-state index is 12.4. The Morgan fingerprint density at radius 3 is 2.70 bits per heavy atom. The van der Waals surface area contributed by atoms with Crippen LogP contribution in [0.3, 0.4) is 0 Å². The zero-order chi connectivity index (χ0) is 17.2. The number of rotatable bonds is 3. The highest BCUT2D eigenvalue weighted by atomic mass is 35.5. The molecule has 2 aliphatic rings. The number of hydrogen-bond acceptors (Lipinski definition) is 5. The average Bonchev–Trinajstić information content (AvgIpc) is 2.86. The third kappa shape index (κ3) is 4.14.